The molecule has 0 heterocycles. The molecule has 0 rings (SSSR count). The Balaban J connectivity index is 3.62. The van der Waals surface area contributed by atoms with E-state index in [9.17, 15) is 20.1 Å². The van der Waals surface area contributed by atoms with Gasteiger partial charge in [-0.3, -0.25) is 4.79 Å². The fourth-order valence-corrected chi connectivity index (χ4v) is 6.43. The van der Waals surface area contributed by atoms with Crippen LogP contribution in [0.3, 0.4) is 0 Å². The van der Waals surface area contributed by atoms with Crippen LogP contribution < -0.4 is 5.32 Å². The molecule has 0 aromatic carbocycles. The molecule has 4 N–H and O–H groups in total. The summed E-state index contributed by atoms with van der Waals surface area (Å²) in [6.07, 6.45) is 52.7. The smallest absolute Gasteiger partial charge is 0.222 e. The van der Waals surface area contributed by atoms with Crippen LogP contribution >= 0.6 is 0 Å². The highest BCUT2D eigenvalue weighted by Crippen LogP contribution is 2.15. The van der Waals surface area contributed by atoms with Gasteiger partial charge in [0, 0.05) is 0 Å². The fraction of sp³-hybridized carbons (Fsp3) is 0.804. The number of aliphatic hydroxyl groups excluding tert-OH is 3. The van der Waals surface area contributed by atoms with Crippen LogP contribution in [0.1, 0.15) is 213 Å². The average molecular weight is 716 g/mol. The van der Waals surface area contributed by atoms with Gasteiger partial charge in [-0.25, -0.2) is 0 Å². The van der Waals surface area contributed by atoms with Crippen LogP contribution in [0.5, 0.6) is 0 Å². The monoisotopic (exact) mass is 716 g/mol. The van der Waals surface area contributed by atoms with Crippen molar-refractivity contribution in [2.24, 2.45) is 0 Å². The molecule has 0 radical (unpaired) electrons. The van der Waals surface area contributed by atoms with Crippen molar-refractivity contribution in [2.75, 3.05) is 6.61 Å². The Morgan fingerprint density at radius 3 is 1.33 bits per heavy atom. The number of aliphatic hydroxyl groups is 3. The lowest BCUT2D eigenvalue weighted by molar-refractivity contribution is -0.124. The van der Waals surface area contributed by atoms with Crippen LogP contribution in [0, 0.1) is 0 Å². The average Bonchev–Trinajstić information content (AvgIpc) is 3.12. The molecule has 0 aliphatic heterocycles. The van der Waals surface area contributed by atoms with E-state index < -0.39 is 18.2 Å². The molecule has 0 fully saturated rings. The first-order valence-electron chi connectivity index (χ1n) is 21.9. The minimum atomic E-state index is -0.959. The molecule has 5 heteroatoms. The Kier molecular flexibility index (Phi) is 39.7. The predicted molar refractivity (Wildman–Crippen MR) is 222 cm³/mol. The molecule has 0 saturated heterocycles. The van der Waals surface area contributed by atoms with E-state index in [1.165, 1.54) is 141 Å². The fourth-order valence-electron chi connectivity index (χ4n) is 6.43. The molecule has 0 saturated carbocycles. The van der Waals surface area contributed by atoms with Gasteiger partial charge in [-0.05, 0) is 64.2 Å². The number of hydrogen-bond donors (Lipinski definition) is 4. The third-order valence-corrected chi connectivity index (χ3v) is 9.80. The molecule has 3 atom stereocenters. The van der Waals surface area contributed by atoms with Gasteiger partial charge in [-0.15, -0.1) is 0 Å². The van der Waals surface area contributed by atoms with Crippen molar-refractivity contribution >= 4 is 5.91 Å². The summed E-state index contributed by atoms with van der Waals surface area (Å²) in [5, 5.41) is 33.1. The van der Waals surface area contributed by atoms with E-state index in [0.717, 1.165) is 44.9 Å². The number of carbonyl (C=O) groups is 1. The zero-order chi connectivity index (χ0) is 37.3. The SMILES string of the molecule is CCC/C=C/CC/C=C/CC/C=C/C(O)C(CO)NC(=O)CC(O)CCCCCCCCCCC/C=C\CCCCCCCCCCCCCC. The summed E-state index contributed by atoms with van der Waals surface area (Å²) < 4.78 is 0. The maximum atomic E-state index is 12.4. The Bertz CT molecular complexity index is 835. The van der Waals surface area contributed by atoms with Gasteiger partial charge < -0.3 is 20.6 Å². The van der Waals surface area contributed by atoms with Gasteiger partial charge in [0.05, 0.1) is 31.3 Å². The van der Waals surface area contributed by atoms with Gasteiger partial charge in [-0.1, -0.05) is 191 Å². The quantitative estimate of drug-likeness (QED) is 0.0377. The Morgan fingerprint density at radius 1 is 0.490 bits per heavy atom. The maximum absolute atomic E-state index is 12.4. The number of hydrogen-bond acceptors (Lipinski definition) is 4. The van der Waals surface area contributed by atoms with Crippen molar-refractivity contribution in [1.29, 1.82) is 0 Å². The minimum absolute atomic E-state index is 0.0000483. The molecule has 0 aromatic heterocycles. The van der Waals surface area contributed by atoms with Crippen LogP contribution in [-0.2, 0) is 4.79 Å². The third kappa shape index (κ3) is 37.9. The van der Waals surface area contributed by atoms with Crippen molar-refractivity contribution in [1.82, 2.24) is 5.32 Å². The molecule has 1 amide bonds. The van der Waals surface area contributed by atoms with Crippen LogP contribution in [0.4, 0.5) is 0 Å². The van der Waals surface area contributed by atoms with Crippen LogP contribution in [-0.4, -0.2) is 46.1 Å². The highest BCUT2D eigenvalue weighted by Gasteiger charge is 2.20. The Morgan fingerprint density at radius 2 is 0.882 bits per heavy atom. The van der Waals surface area contributed by atoms with Gasteiger partial charge in [-0.2, -0.15) is 0 Å². The van der Waals surface area contributed by atoms with Gasteiger partial charge in [0.2, 0.25) is 5.91 Å². The highest BCUT2D eigenvalue weighted by atomic mass is 16.3. The summed E-state index contributed by atoms with van der Waals surface area (Å²) >= 11 is 0. The maximum Gasteiger partial charge on any atom is 0.222 e. The minimum Gasteiger partial charge on any atom is -0.394 e. The zero-order valence-corrected chi connectivity index (χ0v) is 33.7. The molecular weight excluding hydrogens is 631 g/mol. The molecule has 0 spiro atoms. The van der Waals surface area contributed by atoms with Gasteiger partial charge in [0.25, 0.3) is 0 Å². The largest absolute Gasteiger partial charge is 0.394 e. The lowest BCUT2D eigenvalue weighted by atomic mass is 10.0. The van der Waals surface area contributed by atoms with Crippen molar-refractivity contribution in [3.63, 3.8) is 0 Å². The van der Waals surface area contributed by atoms with Crippen LogP contribution in [0.25, 0.3) is 0 Å². The summed E-state index contributed by atoms with van der Waals surface area (Å²) in [4.78, 5) is 12.4. The van der Waals surface area contributed by atoms with Gasteiger partial charge in [0.15, 0.2) is 0 Å². The van der Waals surface area contributed by atoms with Crippen LogP contribution in [0.2, 0.25) is 0 Å². The predicted octanol–water partition coefficient (Wildman–Crippen LogP) is 12.5. The van der Waals surface area contributed by atoms with Crippen molar-refractivity contribution in [2.45, 2.75) is 231 Å². The van der Waals surface area contributed by atoms with E-state index >= 15 is 0 Å². The first-order valence-corrected chi connectivity index (χ1v) is 21.9. The van der Waals surface area contributed by atoms with Gasteiger partial charge in [0.1, 0.15) is 0 Å². The van der Waals surface area contributed by atoms with Crippen molar-refractivity contribution < 1.29 is 20.1 Å². The number of unbranched alkanes of at least 4 members (excludes halogenated alkanes) is 24. The third-order valence-electron chi connectivity index (χ3n) is 9.80. The summed E-state index contributed by atoms with van der Waals surface area (Å²) in [6, 6.07) is -0.767. The van der Waals surface area contributed by atoms with Crippen molar-refractivity contribution in [3.05, 3.63) is 48.6 Å². The molecular formula is C46H85NO4. The zero-order valence-electron chi connectivity index (χ0n) is 33.7. The van der Waals surface area contributed by atoms with E-state index in [1.54, 1.807) is 6.08 Å². The van der Waals surface area contributed by atoms with E-state index in [1.807, 2.05) is 6.08 Å². The molecule has 0 bridgehead atoms. The van der Waals surface area contributed by atoms with E-state index in [-0.39, 0.29) is 18.9 Å². The summed E-state index contributed by atoms with van der Waals surface area (Å²) in [5.74, 6) is -0.333. The van der Waals surface area contributed by atoms with Crippen molar-refractivity contribution in [3.8, 4) is 0 Å². The Hall–Kier alpha value is -1.69. The van der Waals surface area contributed by atoms with Gasteiger partial charge >= 0.3 is 0 Å². The normalized spacial score (nSPS) is 14.1. The first kappa shape index (κ1) is 49.3. The molecule has 5 nitrogen and oxygen atoms in total. The molecule has 3 unspecified atom stereocenters. The van der Waals surface area contributed by atoms with Crippen LogP contribution in [0.15, 0.2) is 48.6 Å². The standard InChI is InChI=1S/C46H85NO4/c1-3-5-7-9-11-13-15-16-17-18-19-20-21-22-23-24-25-26-27-28-30-31-33-35-37-39-43(49)41-46(51)47-44(42-48)45(50)40-38-36-34-32-29-14-12-10-8-6-4-2/h8,10,22-23,29,32,38,40,43-45,48-50H,3-7,9,11-21,24-28,30-31,33-37,39,41-42H2,1-2H3,(H,47,51)/b10-8+,23-22-,32-29+,40-38+. The Labute approximate surface area is 316 Å². The number of rotatable bonds is 39. The molecule has 0 aromatic rings. The summed E-state index contributed by atoms with van der Waals surface area (Å²) in [7, 11) is 0. The molecule has 0 aliphatic rings. The second-order valence-corrected chi connectivity index (χ2v) is 14.9. The topological polar surface area (TPSA) is 89.8 Å². The van der Waals surface area contributed by atoms with E-state index in [2.05, 4.69) is 55.6 Å². The number of amides is 1. The second kappa shape index (κ2) is 41.1. The number of nitrogens with one attached hydrogen (secondary N) is 1. The van der Waals surface area contributed by atoms with E-state index in [0.29, 0.717) is 6.42 Å². The number of allylic oxidation sites excluding steroid dienone is 7. The molecule has 298 valence electrons. The number of carbonyl (C=O) groups excluding carboxylic acids is 1. The lowest BCUT2D eigenvalue weighted by Gasteiger charge is -2.21. The summed E-state index contributed by atoms with van der Waals surface area (Å²) in [6.45, 7) is 4.12. The lowest BCUT2D eigenvalue weighted by Crippen LogP contribution is -2.45. The molecule has 51 heavy (non-hydrogen) atoms. The molecule has 0 aliphatic carbocycles. The summed E-state index contributed by atoms with van der Waals surface area (Å²) in [5.41, 5.74) is 0. The second-order valence-electron chi connectivity index (χ2n) is 14.9. The first-order chi connectivity index (χ1) is 25.0. The van der Waals surface area contributed by atoms with E-state index in [4.69, 9.17) is 0 Å². The highest BCUT2D eigenvalue weighted by molar-refractivity contribution is 5.76.